The number of rotatable bonds is 5. The van der Waals surface area contributed by atoms with Crippen LogP contribution in [0.25, 0.3) is 0 Å². The molecule has 0 radical (unpaired) electrons. The van der Waals surface area contributed by atoms with Gasteiger partial charge in [-0.25, -0.2) is 15.8 Å². The lowest BCUT2D eigenvalue weighted by molar-refractivity contribution is 0.203. The van der Waals surface area contributed by atoms with Gasteiger partial charge >= 0.3 is 0 Å². The molecule has 0 aliphatic rings. The molecule has 1 rings (SSSR count). The Morgan fingerprint density at radius 3 is 3.06 bits per heavy atom. The summed E-state index contributed by atoms with van der Waals surface area (Å²) in [6, 6.07) is 0. The highest BCUT2D eigenvalue weighted by atomic mass is 16.5. The van der Waals surface area contributed by atoms with Gasteiger partial charge in [0.1, 0.15) is 12.3 Å². The van der Waals surface area contributed by atoms with Gasteiger partial charge in [-0.15, -0.1) is 0 Å². The van der Waals surface area contributed by atoms with E-state index in [1.54, 1.807) is 13.3 Å². The van der Waals surface area contributed by atoms with Gasteiger partial charge in [0.15, 0.2) is 0 Å². The molecule has 0 aliphatic heterocycles. The Hall–Kier alpha value is -1.60. The molecule has 0 saturated carbocycles. The molecule has 0 aromatic carbocycles. The maximum absolute atomic E-state index is 5.29. The highest BCUT2D eigenvalue weighted by Gasteiger charge is 2.00. The molecular weight excluding hydrogens is 210 g/mol. The Morgan fingerprint density at radius 2 is 2.50 bits per heavy atom. The van der Waals surface area contributed by atoms with Crippen LogP contribution < -0.4 is 16.6 Å². The first-order valence-electron chi connectivity index (χ1n) is 4.91. The fourth-order valence-electron chi connectivity index (χ4n) is 1.05. The van der Waals surface area contributed by atoms with Crippen molar-refractivity contribution in [3.63, 3.8) is 0 Å². The maximum atomic E-state index is 5.29. The van der Waals surface area contributed by atoms with Crippen LogP contribution in [0, 0.1) is 6.92 Å². The number of methoxy groups -OCH3 is 1. The quantitative estimate of drug-likeness (QED) is 0.207. The Labute approximate surface area is 94.1 Å². The summed E-state index contributed by atoms with van der Waals surface area (Å²) in [5, 5.41) is 2.97. The number of hydrogen-bond donors (Lipinski definition) is 3. The average molecular weight is 227 g/mol. The van der Waals surface area contributed by atoms with Gasteiger partial charge in [-0.3, -0.25) is 5.43 Å². The zero-order valence-corrected chi connectivity index (χ0v) is 9.49. The normalized spacial score (nSPS) is 11.6. The van der Waals surface area contributed by atoms with E-state index in [0.29, 0.717) is 31.5 Å². The second-order valence-electron chi connectivity index (χ2n) is 3.09. The molecular formula is C9H17N5O2. The third-order valence-corrected chi connectivity index (χ3v) is 1.78. The monoisotopic (exact) mass is 227 g/mol. The van der Waals surface area contributed by atoms with Gasteiger partial charge in [0.2, 0.25) is 11.9 Å². The van der Waals surface area contributed by atoms with Gasteiger partial charge in [0.25, 0.3) is 0 Å². The summed E-state index contributed by atoms with van der Waals surface area (Å²) in [6.45, 7) is 3.38. The molecule has 16 heavy (non-hydrogen) atoms. The standard InChI is InChI=1S/C9H17N5O2/c1-7-5-12-8(16-7)6-13-9(14-10)11-3-4-15-2/h5H,3-4,6,10H2,1-2H3,(H2,11,13,14). The van der Waals surface area contributed by atoms with Crippen LogP contribution in [-0.2, 0) is 11.3 Å². The third kappa shape index (κ3) is 4.28. The second-order valence-corrected chi connectivity index (χ2v) is 3.09. The fraction of sp³-hybridized carbons (Fsp3) is 0.556. The van der Waals surface area contributed by atoms with Gasteiger partial charge < -0.3 is 14.5 Å². The van der Waals surface area contributed by atoms with Crippen LogP contribution in [0.15, 0.2) is 15.6 Å². The van der Waals surface area contributed by atoms with Crippen LogP contribution in [0.3, 0.4) is 0 Å². The summed E-state index contributed by atoms with van der Waals surface area (Å²) < 4.78 is 10.2. The van der Waals surface area contributed by atoms with Crippen LogP contribution in [-0.4, -0.2) is 31.2 Å². The average Bonchev–Trinajstić information content (AvgIpc) is 2.69. The number of aromatic nitrogens is 1. The van der Waals surface area contributed by atoms with Crippen LogP contribution in [0.1, 0.15) is 11.7 Å². The van der Waals surface area contributed by atoms with Crippen LogP contribution in [0.5, 0.6) is 0 Å². The van der Waals surface area contributed by atoms with Gasteiger partial charge in [0, 0.05) is 13.7 Å². The molecule has 7 nitrogen and oxygen atoms in total. The number of hydrogen-bond acceptors (Lipinski definition) is 5. The van der Waals surface area contributed by atoms with E-state index < -0.39 is 0 Å². The minimum Gasteiger partial charge on any atom is -0.444 e. The summed E-state index contributed by atoms with van der Waals surface area (Å²) in [7, 11) is 1.63. The topological polar surface area (TPSA) is 97.7 Å². The molecule has 0 unspecified atom stereocenters. The molecule has 1 aromatic rings. The smallest absolute Gasteiger partial charge is 0.216 e. The lowest BCUT2D eigenvalue weighted by atomic mass is 10.6. The Bertz CT molecular complexity index is 336. The Kier molecular flexibility index (Phi) is 5.30. The molecule has 7 heteroatoms. The first kappa shape index (κ1) is 12.5. The van der Waals surface area contributed by atoms with E-state index >= 15 is 0 Å². The number of aliphatic imine (C=N–C) groups is 1. The summed E-state index contributed by atoms with van der Waals surface area (Å²) >= 11 is 0. The predicted octanol–water partition coefficient (Wildman–Crippen LogP) is -0.462. The molecule has 0 bridgehead atoms. The largest absolute Gasteiger partial charge is 0.444 e. The van der Waals surface area contributed by atoms with Crippen molar-refractivity contribution in [1.82, 2.24) is 15.7 Å². The number of nitrogens with zero attached hydrogens (tertiary/aromatic N) is 2. The van der Waals surface area contributed by atoms with E-state index in [4.69, 9.17) is 15.0 Å². The summed E-state index contributed by atoms with van der Waals surface area (Å²) in [6.07, 6.45) is 1.65. The van der Waals surface area contributed by atoms with Crippen LogP contribution >= 0.6 is 0 Å². The molecule has 4 N–H and O–H groups in total. The first-order valence-corrected chi connectivity index (χ1v) is 4.91. The summed E-state index contributed by atoms with van der Waals surface area (Å²) in [5.74, 6) is 7.09. The van der Waals surface area contributed by atoms with E-state index in [-0.39, 0.29) is 0 Å². The number of ether oxygens (including phenoxy) is 1. The number of guanidine groups is 1. The zero-order chi connectivity index (χ0) is 11.8. The maximum Gasteiger partial charge on any atom is 0.216 e. The van der Waals surface area contributed by atoms with E-state index in [0.717, 1.165) is 5.76 Å². The van der Waals surface area contributed by atoms with Gasteiger partial charge in [-0.1, -0.05) is 0 Å². The van der Waals surface area contributed by atoms with Gasteiger partial charge in [-0.05, 0) is 6.92 Å². The molecule has 0 amide bonds. The predicted molar refractivity (Wildman–Crippen MR) is 59.6 cm³/mol. The first-order chi connectivity index (χ1) is 7.76. The van der Waals surface area contributed by atoms with Crippen LogP contribution in [0.4, 0.5) is 0 Å². The summed E-state index contributed by atoms with van der Waals surface area (Å²) in [4.78, 5) is 8.18. The molecule has 1 aromatic heterocycles. The molecule has 90 valence electrons. The molecule has 0 aliphatic carbocycles. The Morgan fingerprint density at radius 1 is 1.69 bits per heavy atom. The fourth-order valence-corrected chi connectivity index (χ4v) is 1.05. The van der Waals surface area contributed by atoms with E-state index in [2.05, 4.69) is 20.7 Å². The van der Waals surface area contributed by atoms with E-state index in [1.807, 2.05) is 6.92 Å². The molecule has 0 atom stereocenters. The highest BCUT2D eigenvalue weighted by molar-refractivity contribution is 5.79. The second kappa shape index (κ2) is 6.81. The SMILES string of the molecule is COCCNC(=NCc1ncc(C)o1)NN. The van der Waals surface area contributed by atoms with Crippen molar-refractivity contribution < 1.29 is 9.15 Å². The van der Waals surface area contributed by atoms with Crippen molar-refractivity contribution in [2.45, 2.75) is 13.5 Å². The third-order valence-electron chi connectivity index (χ3n) is 1.78. The highest BCUT2D eigenvalue weighted by Crippen LogP contribution is 2.02. The number of nitrogens with two attached hydrogens (primary N) is 1. The van der Waals surface area contributed by atoms with Gasteiger partial charge in [0.05, 0.1) is 12.8 Å². The van der Waals surface area contributed by atoms with Crippen molar-refractivity contribution in [2.75, 3.05) is 20.3 Å². The molecule has 0 fully saturated rings. The van der Waals surface area contributed by atoms with E-state index in [9.17, 15) is 0 Å². The van der Waals surface area contributed by atoms with Crippen molar-refractivity contribution in [3.05, 3.63) is 17.8 Å². The number of hydrazine groups is 1. The molecule has 0 saturated heterocycles. The lowest BCUT2D eigenvalue weighted by Crippen LogP contribution is -2.42. The van der Waals surface area contributed by atoms with Crippen molar-refractivity contribution in [2.24, 2.45) is 10.8 Å². The van der Waals surface area contributed by atoms with E-state index in [1.165, 1.54) is 0 Å². The van der Waals surface area contributed by atoms with Crippen molar-refractivity contribution >= 4 is 5.96 Å². The Balaban J connectivity index is 2.40. The minimum absolute atomic E-state index is 0.341. The number of aryl methyl sites for hydroxylation is 1. The minimum atomic E-state index is 0.341. The molecule has 0 spiro atoms. The van der Waals surface area contributed by atoms with Gasteiger partial charge in [-0.2, -0.15) is 0 Å². The number of nitrogens with one attached hydrogen (secondary N) is 2. The van der Waals surface area contributed by atoms with Crippen molar-refractivity contribution in [1.29, 1.82) is 0 Å². The summed E-state index contributed by atoms with van der Waals surface area (Å²) in [5.41, 5.74) is 2.45. The zero-order valence-electron chi connectivity index (χ0n) is 9.49. The lowest BCUT2D eigenvalue weighted by Gasteiger charge is -2.07. The van der Waals surface area contributed by atoms with Crippen molar-refractivity contribution in [3.8, 4) is 0 Å². The number of oxazole rings is 1. The van der Waals surface area contributed by atoms with Crippen LogP contribution in [0.2, 0.25) is 0 Å². The molecule has 1 heterocycles.